The molecule has 0 aliphatic heterocycles. The summed E-state index contributed by atoms with van der Waals surface area (Å²) in [6.45, 7) is 4.18. The first-order valence-electron chi connectivity index (χ1n) is 5.42. The predicted molar refractivity (Wildman–Crippen MR) is 64.3 cm³/mol. The molecule has 0 aliphatic carbocycles. The van der Waals surface area contributed by atoms with Crippen molar-refractivity contribution in [2.75, 3.05) is 46.9 Å². The van der Waals surface area contributed by atoms with Gasteiger partial charge in [-0.1, -0.05) is 0 Å². The van der Waals surface area contributed by atoms with Crippen LogP contribution in [0, 0.1) is 0 Å². The average molecular weight is 253 g/mol. The summed E-state index contributed by atoms with van der Waals surface area (Å²) in [4.78, 5) is 0. The molecule has 16 heavy (non-hydrogen) atoms. The lowest BCUT2D eigenvalue weighted by atomic mass is 10.4. The summed E-state index contributed by atoms with van der Waals surface area (Å²) >= 11 is 0. The van der Waals surface area contributed by atoms with Gasteiger partial charge in [0.15, 0.2) is 0 Å². The fourth-order valence-electron chi connectivity index (χ4n) is 1.12. The molecule has 6 nitrogen and oxygen atoms in total. The van der Waals surface area contributed by atoms with Crippen LogP contribution in [0.1, 0.15) is 13.3 Å². The lowest BCUT2D eigenvalue weighted by molar-refractivity contribution is 0.137. The van der Waals surface area contributed by atoms with E-state index in [2.05, 4.69) is 0 Å². The molecule has 0 unspecified atom stereocenters. The third kappa shape index (κ3) is 5.22. The van der Waals surface area contributed by atoms with Crippen molar-refractivity contribution in [3.8, 4) is 0 Å². The van der Waals surface area contributed by atoms with E-state index in [0.717, 1.165) is 0 Å². The smallest absolute Gasteiger partial charge is 0.281 e. The molecule has 0 saturated carbocycles. The van der Waals surface area contributed by atoms with Gasteiger partial charge in [-0.3, -0.25) is 0 Å². The number of nitrogens with two attached hydrogens (primary N) is 1. The highest BCUT2D eigenvalue weighted by Gasteiger charge is 2.22. The van der Waals surface area contributed by atoms with Crippen LogP contribution < -0.4 is 5.73 Å². The van der Waals surface area contributed by atoms with Crippen LogP contribution in [0.2, 0.25) is 0 Å². The highest BCUT2D eigenvalue weighted by atomic mass is 32.2. The quantitative estimate of drug-likeness (QED) is 0.561. The van der Waals surface area contributed by atoms with E-state index in [-0.39, 0.29) is 0 Å². The fraction of sp³-hybridized carbons (Fsp3) is 1.00. The number of nitrogens with zero attached hydrogens (tertiary/aromatic N) is 2. The van der Waals surface area contributed by atoms with Crippen molar-refractivity contribution < 1.29 is 13.2 Å². The molecule has 0 rings (SSSR count). The Hall–Kier alpha value is -0.210. The predicted octanol–water partition coefficient (Wildman–Crippen LogP) is -0.520. The van der Waals surface area contributed by atoms with E-state index < -0.39 is 10.2 Å². The molecule has 0 saturated heterocycles. The maximum absolute atomic E-state index is 11.9. The number of rotatable bonds is 9. The topological polar surface area (TPSA) is 75.9 Å². The van der Waals surface area contributed by atoms with Gasteiger partial charge in [0.1, 0.15) is 0 Å². The molecule has 0 radical (unpaired) electrons. The Bertz CT molecular complexity index is 269. The summed E-state index contributed by atoms with van der Waals surface area (Å²) in [5, 5.41) is 0. The van der Waals surface area contributed by atoms with Crippen molar-refractivity contribution in [3.05, 3.63) is 0 Å². The molecular weight excluding hydrogens is 230 g/mol. The van der Waals surface area contributed by atoms with Crippen molar-refractivity contribution in [2.24, 2.45) is 5.73 Å². The van der Waals surface area contributed by atoms with Gasteiger partial charge in [-0.15, -0.1) is 0 Å². The van der Waals surface area contributed by atoms with Gasteiger partial charge in [0.2, 0.25) is 0 Å². The van der Waals surface area contributed by atoms with E-state index in [1.54, 1.807) is 14.1 Å². The molecule has 0 fully saturated rings. The lowest BCUT2D eigenvalue weighted by Gasteiger charge is -2.24. The summed E-state index contributed by atoms with van der Waals surface area (Å²) in [5.74, 6) is 0. The van der Waals surface area contributed by atoms with E-state index in [0.29, 0.717) is 39.3 Å². The molecule has 0 amide bonds. The number of hydrogen-bond donors (Lipinski definition) is 1. The molecule has 2 N–H and O–H groups in total. The van der Waals surface area contributed by atoms with Crippen LogP contribution in [-0.4, -0.2) is 64.0 Å². The molecule has 0 atom stereocenters. The molecule has 0 spiro atoms. The van der Waals surface area contributed by atoms with Gasteiger partial charge in [-0.05, 0) is 19.9 Å². The van der Waals surface area contributed by atoms with E-state index in [1.807, 2.05) is 6.92 Å². The Morgan fingerprint density at radius 1 is 1.19 bits per heavy atom. The van der Waals surface area contributed by atoms with Crippen molar-refractivity contribution in [1.29, 1.82) is 0 Å². The third-order valence-electron chi connectivity index (χ3n) is 2.22. The first kappa shape index (κ1) is 15.8. The molecule has 7 heteroatoms. The van der Waals surface area contributed by atoms with Crippen LogP contribution in [0.25, 0.3) is 0 Å². The highest BCUT2D eigenvalue weighted by molar-refractivity contribution is 7.86. The number of ether oxygens (including phenoxy) is 1. The maximum atomic E-state index is 11.9. The standard InChI is InChI=1S/C9H23N3O3S/c1-4-15-9-8-12(3)16(13,14)11(2)7-5-6-10/h4-10H2,1-3H3. The second kappa shape index (κ2) is 7.97. The highest BCUT2D eigenvalue weighted by Crippen LogP contribution is 2.03. The van der Waals surface area contributed by atoms with Crippen LogP contribution in [0.4, 0.5) is 0 Å². The molecule has 0 heterocycles. The molecule has 0 aromatic heterocycles. The van der Waals surface area contributed by atoms with Gasteiger partial charge in [-0.2, -0.15) is 17.0 Å². The van der Waals surface area contributed by atoms with E-state index in [9.17, 15) is 8.42 Å². The lowest BCUT2D eigenvalue weighted by Crippen LogP contribution is -2.41. The van der Waals surface area contributed by atoms with E-state index >= 15 is 0 Å². The zero-order valence-electron chi connectivity index (χ0n) is 10.3. The van der Waals surface area contributed by atoms with Gasteiger partial charge in [0.05, 0.1) is 6.61 Å². The monoisotopic (exact) mass is 253 g/mol. The van der Waals surface area contributed by atoms with Crippen LogP contribution in [0.3, 0.4) is 0 Å². The van der Waals surface area contributed by atoms with Crippen molar-refractivity contribution >= 4 is 10.2 Å². The number of hydrogen-bond acceptors (Lipinski definition) is 4. The van der Waals surface area contributed by atoms with Gasteiger partial charge < -0.3 is 10.5 Å². The SMILES string of the molecule is CCOCCN(C)S(=O)(=O)N(C)CCCN. The maximum Gasteiger partial charge on any atom is 0.281 e. The van der Waals surface area contributed by atoms with Gasteiger partial charge in [-0.25, -0.2) is 0 Å². The second-order valence-corrected chi connectivity index (χ2v) is 5.63. The minimum absolute atomic E-state index is 0.364. The zero-order chi connectivity index (χ0) is 12.6. The number of likely N-dealkylation sites (N-methyl/N-ethyl adjacent to an activating group) is 1. The Balaban J connectivity index is 4.18. The van der Waals surface area contributed by atoms with Crippen molar-refractivity contribution in [3.63, 3.8) is 0 Å². The van der Waals surface area contributed by atoms with Crippen LogP contribution >= 0.6 is 0 Å². The molecule has 98 valence electrons. The minimum Gasteiger partial charge on any atom is -0.380 e. The summed E-state index contributed by atoms with van der Waals surface area (Å²) < 4.78 is 31.5. The summed E-state index contributed by atoms with van der Waals surface area (Å²) in [6.07, 6.45) is 0.662. The van der Waals surface area contributed by atoms with Gasteiger partial charge in [0.25, 0.3) is 10.2 Å². The summed E-state index contributed by atoms with van der Waals surface area (Å²) in [5.41, 5.74) is 5.34. The minimum atomic E-state index is -3.36. The molecular formula is C9H23N3O3S. The van der Waals surface area contributed by atoms with Crippen molar-refractivity contribution in [1.82, 2.24) is 8.61 Å². The van der Waals surface area contributed by atoms with Crippen LogP contribution in [-0.2, 0) is 14.9 Å². The molecule has 0 aromatic carbocycles. The van der Waals surface area contributed by atoms with Crippen LogP contribution in [0.5, 0.6) is 0 Å². The first-order valence-corrected chi connectivity index (χ1v) is 6.82. The Morgan fingerprint density at radius 2 is 1.75 bits per heavy atom. The van der Waals surface area contributed by atoms with Crippen molar-refractivity contribution in [2.45, 2.75) is 13.3 Å². The van der Waals surface area contributed by atoms with Gasteiger partial charge >= 0.3 is 0 Å². The van der Waals surface area contributed by atoms with Crippen LogP contribution in [0.15, 0.2) is 0 Å². The Kier molecular flexibility index (Phi) is 7.86. The molecule has 0 aliphatic rings. The average Bonchev–Trinajstić information content (AvgIpc) is 2.25. The normalized spacial score (nSPS) is 12.6. The Morgan fingerprint density at radius 3 is 2.25 bits per heavy atom. The summed E-state index contributed by atoms with van der Waals surface area (Å²) in [7, 11) is -0.254. The van der Waals surface area contributed by atoms with E-state index in [1.165, 1.54) is 8.61 Å². The third-order valence-corrected chi connectivity index (χ3v) is 4.16. The zero-order valence-corrected chi connectivity index (χ0v) is 11.2. The van der Waals surface area contributed by atoms with E-state index in [4.69, 9.17) is 10.5 Å². The summed E-state index contributed by atoms with van der Waals surface area (Å²) in [6, 6.07) is 0. The molecule has 0 bridgehead atoms. The second-order valence-electron chi connectivity index (χ2n) is 3.49. The largest absolute Gasteiger partial charge is 0.380 e. The van der Waals surface area contributed by atoms with Gasteiger partial charge in [0, 0.05) is 33.8 Å². The molecule has 0 aromatic rings. The Labute approximate surface area is 98.5 Å². The first-order chi connectivity index (χ1) is 7.46. The fourth-order valence-corrected chi connectivity index (χ4v) is 2.26.